The van der Waals surface area contributed by atoms with Gasteiger partial charge >= 0.3 is 0 Å². The zero-order valence-electron chi connectivity index (χ0n) is 18.1. The van der Waals surface area contributed by atoms with Crippen LogP contribution in [0, 0.1) is 0 Å². The van der Waals surface area contributed by atoms with Gasteiger partial charge in [-0.2, -0.15) is 0 Å². The van der Waals surface area contributed by atoms with Crippen LogP contribution in [0.3, 0.4) is 0 Å². The zero-order chi connectivity index (χ0) is 24.4. The van der Waals surface area contributed by atoms with Gasteiger partial charge in [0.05, 0.1) is 23.1 Å². The van der Waals surface area contributed by atoms with Crippen molar-refractivity contribution >= 4 is 51.7 Å². The highest BCUT2D eigenvalue weighted by atomic mass is 35.5. The van der Waals surface area contributed by atoms with E-state index < -0.39 is 18.1 Å². The molecule has 10 heteroatoms. The van der Waals surface area contributed by atoms with Crippen LogP contribution in [0.1, 0.15) is 23.2 Å². The number of alkyl halides is 1. The first-order valence-electron chi connectivity index (χ1n) is 10.5. The Morgan fingerprint density at radius 2 is 1.74 bits per heavy atom. The number of hydrogen-bond acceptors (Lipinski definition) is 3. The summed E-state index contributed by atoms with van der Waals surface area (Å²) in [4.78, 5) is 25.8. The van der Waals surface area contributed by atoms with Crippen molar-refractivity contribution in [2.75, 3.05) is 13.7 Å². The van der Waals surface area contributed by atoms with Crippen LogP contribution in [0.15, 0.2) is 53.3 Å². The van der Waals surface area contributed by atoms with E-state index >= 15 is 0 Å². The molecule has 0 unspecified atom stereocenters. The number of benzene rings is 2. The number of amides is 1. The number of fused-ring (bicyclic) bond motifs is 1. The van der Waals surface area contributed by atoms with E-state index in [9.17, 15) is 14.0 Å². The van der Waals surface area contributed by atoms with Crippen molar-refractivity contribution in [2.45, 2.75) is 19.4 Å². The molecular weight excluding hydrogens is 502 g/mol. The first kappa shape index (κ1) is 24.3. The molecule has 0 bridgehead atoms. The van der Waals surface area contributed by atoms with Crippen LogP contribution in [-0.4, -0.2) is 34.0 Å². The van der Waals surface area contributed by atoms with E-state index in [1.165, 1.54) is 17.7 Å². The fourth-order valence-electron chi connectivity index (χ4n) is 3.78. The molecule has 0 saturated carbocycles. The van der Waals surface area contributed by atoms with Gasteiger partial charge in [-0.05, 0) is 49.2 Å². The van der Waals surface area contributed by atoms with E-state index in [1.807, 2.05) is 12.1 Å². The fraction of sp³-hybridized carbons (Fsp3) is 0.208. The van der Waals surface area contributed by atoms with Crippen LogP contribution in [0.4, 0.5) is 4.39 Å². The molecule has 1 amide bonds. The molecule has 34 heavy (non-hydrogen) atoms. The molecule has 0 fully saturated rings. The molecule has 0 aliphatic carbocycles. The largest absolute Gasteiger partial charge is 0.355 e. The third-order valence-corrected chi connectivity index (χ3v) is 6.20. The number of rotatable bonds is 7. The average molecular weight is 522 g/mol. The summed E-state index contributed by atoms with van der Waals surface area (Å²) in [5.41, 5.74) is 1.71. The van der Waals surface area contributed by atoms with Crippen LogP contribution in [0.2, 0.25) is 15.1 Å². The number of pyridine rings is 1. The SMILES string of the molecule is CNC(=O)c1cc2c(-c3ccc(Cl)cc3)n(-c3ccc(Cl)cc3Cl)nc2n(CCCCF)c1=O. The lowest BCUT2D eigenvalue weighted by Gasteiger charge is -2.11. The predicted octanol–water partition coefficient (Wildman–Crippen LogP) is 5.92. The van der Waals surface area contributed by atoms with Gasteiger partial charge in [-0.3, -0.25) is 18.5 Å². The van der Waals surface area contributed by atoms with E-state index in [1.54, 1.807) is 35.0 Å². The highest BCUT2D eigenvalue weighted by Gasteiger charge is 2.23. The molecule has 2 aromatic carbocycles. The number of carbonyl (C=O) groups is 1. The lowest BCUT2D eigenvalue weighted by molar-refractivity contribution is 0.0961. The lowest BCUT2D eigenvalue weighted by Crippen LogP contribution is -2.31. The number of aromatic nitrogens is 3. The number of nitrogens with one attached hydrogen (secondary N) is 1. The number of aryl methyl sites for hydroxylation is 1. The normalized spacial score (nSPS) is 11.2. The summed E-state index contributed by atoms with van der Waals surface area (Å²) >= 11 is 18.7. The van der Waals surface area contributed by atoms with Gasteiger partial charge in [0.2, 0.25) is 0 Å². The topological polar surface area (TPSA) is 68.9 Å². The number of hydrogen-bond donors (Lipinski definition) is 1. The first-order valence-corrected chi connectivity index (χ1v) is 11.6. The summed E-state index contributed by atoms with van der Waals surface area (Å²) in [6.07, 6.45) is 0.694. The molecule has 4 rings (SSSR count). The highest BCUT2D eigenvalue weighted by molar-refractivity contribution is 6.35. The fourth-order valence-corrected chi connectivity index (χ4v) is 4.40. The quantitative estimate of drug-likeness (QED) is 0.307. The summed E-state index contributed by atoms with van der Waals surface area (Å²) in [5.74, 6) is -0.523. The molecule has 6 nitrogen and oxygen atoms in total. The summed E-state index contributed by atoms with van der Waals surface area (Å²) in [7, 11) is 1.45. The smallest absolute Gasteiger partial charge is 0.265 e. The Morgan fingerprint density at radius 3 is 2.38 bits per heavy atom. The molecule has 4 aromatic rings. The summed E-state index contributed by atoms with van der Waals surface area (Å²) < 4.78 is 15.8. The molecule has 0 atom stereocenters. The minimum atomic E-state index is -0.523. The van der Waals surface area contributed by atoms with Crippen LogP contribution in [-0.2, 0) is 6.54 Å². The minimum Gasteiger partial charge on any atom is -0.355 e. The molecule has 0 aliphatic heterocycles. The van der Waals surface area contributed by atoms with Crippen LogP contribution >= 0.6 is 34.8 Å². The predicted molar refractivity (Wildman–Crippen MR) is 134 cm³/mol. The van der Waals surface area contributed by atoms with Gasteiger partial charge in [0, 0.05) is 34.6 Å². The Balaban J connectivity index is 2.11. The monoisotopic (exact) mass is 520 g/mol. The van der Waals surface area contributed by atoms with E-state index in [4.69, 9.17) is 39.9 Å². The molecule has 0 spiro atoms. The van der Waals surface area contributed by atoms with Crippen molar-refractivity contribution in [3.63, 3.8) is 0 Å². The average Bonchev–Trinajstić information content (AvgIpc) is 3.19. The molecule has 1 N–H and O–H groups in total. The Morgan fingerprint density at radius 1 is 1.03 bits per heavy atom. The molecular formula is C24H20Cl3FN4O2. The molecule has 0 radical (unpaired) electrons. The highest BCUT2D eigenvalue weighted by Crippen LogP contribution is 2.35. The van der Waals surface area contributed by atoms with Crippen molar-refractivity contribution in [3.05, 3.63) is 79.5 Å². The minimum absolute atomic E-state index is 0.0350. The van der Waals surface area contributed by atoms with E-state index in [0.29, 0.717) is 43.9 Å². The number of carbonyl (C=O) groups excluding carboxylic acids is 1. The van der Waals surface area contributed by atoms with Gasteiger partial charge in [0.25, 0.3) is 11.5 Å². The molecule has 2 heterocycles. The van der Waals surface area contributed by atoms with Crippen molar-refractivity contribution in [1.29, 1.82) is 0 Å². The second kappa shape index (κ2) is 10.2. The Hall–Kier alpha value is -2.87. The maximum atomic E-state index is 13.2. The summed E-state index contributed by atoms with van der Waals surface area (Å²) in [6.45, 7) is -0.298. The Labute approximate surface area is 209 Å². The molecule has 0 saturated heterocycles. The number of nitrogens with zero attached hydrogens (tertiary/aromatic N) is 3. The van der Waals surface area contributed by atoms with Gasteiger partial charge in [0.1, 0.15) is 5.56 Å². The maximum Gasteiger partial charge on any atom is 0.265 e. The molecule has 2 aromatic heterocycles. The van der Waals surface area contributed by atoms with Gasteiger partial charge in [0.15, 0.2) is 5.65 Å². The van der Waals surface area contributed by atoms with Crippen LogP contribution in [0.25, 0.3) is 28.0 Å². The zero-order valence-corrected chi connectivity index (χ0v) is 20.4. The summed E-state index contributed by atoms with van der Waals surface area (Å²) in [6, 6.07) is 13.6. The van der Waals surface area contributed by atoms with Gasteiger partial charge in [-0.25, -0.2) is 4.68 Å². The van der Waals surface area contributed by atoms with Crippen molar-refractivity contribution < 1.29 is 9.18 Å². The third kappa shape index (κ3) is 4.56. The van der Waals surface area contributed by atoms with E-state index in [0.717, 1.165) is 5.56 Å². The Kier molecular flexibility index (Phi) is 7.26. The van der Waals surface area contributed by atoms with Crippen LogP contribution < -0.4 is 10.9 Å². The lowest BCUT2D eigenvalue weighted by atomic mass is 10.1. The molecule has 176 valence electrons. The Bertz CT molecular complexity index is 1430. The third-order valence-electron chi connectivity index (χ3n) is 5.42. The van der Waals surface area contributed by atoms with Crippen molar-refractivity contribution in [2.24, 2.45) is 0 Å². The number of halogens is 4. The van der Waals surface area contributed by atoms with Gasteiger partial charge in [-0.1, -0.05) is 46.9 Å². The van der Waals surface area contributed by atoms with Crippen LogP contribution in [0.5, 0.6) is 0 Å². The summed E-state index contributed by atoms with van der Waals surface area (Å²) in [5, 5.41) is 9.17. The van der Waals surface area contributed by atoms with Crippen molar-refractivity contribution in [1.82, 2.24) is 19.7 Å². The van der Waals surface area contributed by atoms with Gasteiger partial charge < -0.3 is 5.32 Å². The maximum absolute atomic E-state index is 13.2. The first-order chi connectivity index (χ1) is 16.3. The standard InChI is InChI=1S/C24H20Cl3FN4O2/c1-29-23(33)18-13-17-21(14-4-6-15(25)7-5-14)32(20-9-8-16(26)12-19(20)27)30-22(17)31(24(18)34)11-3-2-10-28/h4-9,12-13H,2-3,10-11H2,1H3,(H,29,33). The second-order valence-electron chi connectivity index (χ2n) is 7.59. The van der Waals surface area contributed by atoms with E-state index in [2.05, 4.69) is 5.32 Å². The van der Waals surface area contributed by atoms with E-state index in [-0.39, 0.29) is 18.5 Å². The molecule has 0 aliphatic rings. The van der Waals surface area contributed by atoms with Gasteiger partial charge in [-0.15, -0.1) is 5.10 Å². The number of unbranched alkanes of at least 4 members (excludes halogenated alkanes) is 1. The second-order valence-corrected chi connectivity index (χ2v) is 8.87. The van der Waals surface area contributed by atoms with Crippen molar-refractivity contribution in [3.8, 4) is 16.9 Å².